The predicted molar refractivity (Wildman–Crippen MR) is 93.5 cm³/mol. The van der Waals surface area contributed by atoms with Crippen molar-refractivity contribution in [3.8, 4) is 22.4 Å². The van der Waals surface area contributed by atoms with Gasteiger partial charge in [-0.05, 0) is 29.8 Å². The van der Waals surface area contributed by atoms with Crippen LogP contribution in [-0.2, 0) is 7.05 Å². The Labute approximate surface area is 140 Å². The van der Waals surface area contributed by atoms with Gasteiger partial charge in [0.05, 0.1) is 10.1 Å². The fourth-order valence-electron chi connectivity index (χ4n) is 2.72. The zero-order chi connectivity index (χ0) is 16.7. The zero-order valence-electron chi connectivity index (χ0n) is 12.7. The van der Waals surface area contributed by atoms with E-state index in [0.717, 1.165) is 15.8 Å². The fraction of sp³-hybridized carbons (Fsp3) is 0.0556. The average Bonchev–Trinajstić information content (AvgIpc) is 3.04. The Hall–Kier alpha value is -2.86. The summed E-state index contributed by atoms with van der Waals surface area (Å²) in [5, 5.41) is 6.89. The monoisotopic (exact) mass is 337 g/mol. The van der Waals surface area contributed by atoms with Crippen molar-refractivity contribution in [2.75, 3.05) is 0 Å². The van der Waals surface area contributed by atoms with E-state index in [1.165, 1.54) is 28.2 Å². The molecule has 3 heterocycles. The molecule has 1 aromatic carbocycles. The number of pyridine rings is 1. The van der Waals surface area contributed by atoms with Gasteiger partial charge in [0.25, 0.3) is 5.56 Å². The molecule has 0 unspecified atom stereocenters. The zero-order valence-corrected chi connectivity index (χ0v) is 13.5. The molecular weight excluding hydrogens is 325 g/mol. The maximum absolute atomic E-state index is 13.6. The molecule has 118 valence electrons. The molecule has 0 radical (unpaired) electrons. The molecule has 0 bridgehead atoms. The molecule has 0 fully saturated rings. The van der Waals surface area contributed by atoms with E-state index in [9.17, 15) is 9.18 Å². The van der Waals surface area contributed by atoms with Crippen LogP contribution in [0.3, 0.4) is 0 Å². The molecule has 0 N–H and O–H groups in total. The molecule has 0 aliphatic carbocycles. The number of hydrogen-bond acceptors (Lipinski definition) is 4. The number of rotatable bonds is 2. The lowest BCUT2D eigenvalue weighted by Crippen LogP contribution is -2.20. The third-order valence-electron chi connectivity index (χ3n) is 3.85. The number of benzene rings is 1. The topological polar surface area (TPSA) is 47.8 Å². The van der Waals surface area contributed by atoms with Crippen molar-refractivity contribution >= 4 is 21.4 Å². The minimum atomic E-state index is -0.331. The second-order valence-corrected chi connectivity index (χ2v) is 6.26. The maximum Gasteiger partial charge on any atom is 0.275 e. The first-order chi connectivity index (χ1) is 11.6. The number of halogens is 1. The predicted octanol–water partition coefficient (Wildman–Crippen LogP) is 3.86. The van der Waals surface area contributed by atoms with E-state index in [1.54, 1.807) is 31.6 Å². The quantitative estimate of drug-likeness (QED) is 0.558. The Morgan fingerprint density at radius 3 is 2.67 bits per heavy atom. The van der Waals surface area contributed by atoms with E-state index in [2.05, 4.69) is 10.1 Å². The molecule has 4 nitrogen and oxygen atoms in total. The fourth-order valence-corrected chi connectivity index (χ4v) is 3.79. The first kappa shape index (κ1) is 14.7. The first-order valence-electron chi connectivity index (χ1n) is 7.30. The van der Waals surface area contributed by atoms with Crippen LogP contribution in [0.5, 0.6) is 0 Å². The van der Waals surface area contributed by atoms with Crippen molar-refractivity contribution in [1.29, 1.82) is 0 Å². The van der Waals surface area contributed by atoms with Crippen LogP contribution in [0.25, 0.3) is 32.5 Å². The molecular formula is C18H12FN3OS. The van der Waals surface area contributed by atoms with Crippen LogP contribution in [0.15, 0.2) is 59.0 Å². The summed E-state index contributed by atoms with van der Waals surface area (Å²) >= 11 is 1.44. The Morgan fingerprint density at radius 2 is 1.92 bits per heavy atom. The molecule has 24 heavy (non-hydrogen) atoms. The lowest BCUT2D eigenvalue weighted by molar-refractivity contribution is 0.628. The van der Waals surface area contributed by atoms with E-state index in [1.807, 2.05) is 17.5 Å². The summed E-state index contributed by atoms with van der Waals surface area (Å²) in [5.41, 5.74) is 2.86. The van der Waals surface area contributed by atoms with Gasteiger partial charge >= 0.3 is 0 Å². The van der Waals surface area contributed by atoms with E-state index in [0.29, 0.717) is 16.6 Å². The van der Waals surface area contributed by atoms with Gasteiger partial charge in [-0.2, -0.15) is 5.10 Å². The van der Waals surface area contributed by atoms with Crippen molar-refractivity contribution in [2.24, 2.45) is 7.05 Å². The summed E-state index contributed by atoms with van der Waals surface area (Å²) in [5.74, 6) is -0.331. The summed E-state index contributed by atoms with van der Waals surface area (Å²) in [6.07, 6.45) is 3.38. The van der Waals surface area contributed by atoms with Crippen molar-refractivity contribution < 1.29 is 4.39 Å². The highest BCUT2D eigenvalue weighted by molar-refractivity contribution is 7.18. The van der Waals surface area contributed by atoms with Gasteiger partial charge in [0.15, 0.2) is 0 Å². The minimum absolute atomic E-state index is 0.168. The molecule has 3 aromatic heterocycles. The number of nitrogens with zero attached hydrogens (tertiary/aromatic N) is 3. The van der Waals surface area contributed by atoms with Gasteiger partial charge < -0.3 is 0 Å². The van der Waals surface area contributed by atoms with Gasteiger partial charge in [-0.15, -0.1) is 11.3 Å². The third kappa shape index (κ3) is 2.32. The summed E-state index contributed by atoms with van der Waals surface area (Å²) in [4.78, 5) is 16.7. The average molecular weight is 337 g/mol. The second-order valence-electron chi connectivity index (χ2n) is 5.38. The standard InChI is InChI=1S/C18H12FN3OS/c1-22-18(23)15-14(11-5-7-20-8-6-11)10-24-17(15)16(21-22)12-3-2-4-13(19)9-12/h2-10H,1H3. The molecule has 6 heteroatoms. The van der Waals surface area contributed by atoms with Crippen molar-refractivity contribution in [3.63, 3.8) is 0 Å². The van der Waals surface area contributed by atoms with E-state index in [4.69, 9.17) is 0 Å². The van der Waals surface area contributed by atoms with Crippen LogP contribution in [0.2, 0.25) is 0 Å². The number of hydrogen-bond donors (Lipinski definition) is 0. The van der Waals surface area contributed by atoms with Gasteiger partial charge in [-0.25, -0.2) is 9.07 Å². The number of fused-ring (bicyclic) bond motifs is 1. The van der Waals surface area contributed by atoms with E-state index < -0.39 is 0 Å². The van der Waals surface area contributed by atoms with Crippen LogP contribution in [-0.4, -0.2) is 14.8 Å². The van der Waals surface area contributed by atoms with Gasteiger partial charge in [-0.1, -0.05) is 12.1 Å². The summed E-state index contributed by atoms with van der Waals surface area (Å²) in [6, 6.07) is 9.98. The highest BCUT2D eigenvalue weighted by atomic mass is 32.1. The summed E-state index contributed by atoms with van der Waals surface area (Å²) in [6.45, 7) is 0. The number of aryl methyl sites for hydroxylation is 1. The van der Waals surface area contributed by atoms with Crippen LogP contribution >= 0.6 is 11.3 Å². The van der Waals surface area contributed by atoms with Crippen LogP contribution in [0.4, 0.5) is 4.39 Å². The Bertz CT molecular complexity index is 1100. The molecule has 0 saturated carbocycles. The Kier molecular flexibility index (Phi) is 3.46. The third-order valence-corrected chi connectivity index (χ3v) is 4.84. The molecule has 0 aliphatic heterocycles. The molecule has 0 atom stereocenters. The van der Waals surface area contributed by atoms with E-state index in [-0.39, 0.29) is 11.4 Å². The molecule has 0 saturated heterocycles. The molecule has 4 rings (SSSR count). The molecule has 0 spiro atoms. The Morgan fingerprint density at radius 1 is 1.12 bits per heavy atom. The van der Waals surface area contributed by atoms with Gasteiger partial charge in [-0.3, -0.25) is 9.78 Å². The minimum Gasteiger partial charge on any atom is -0.267 e. The largest absolute Gasteiger partial charge is 0.275 e. The first-order valence-corrected chi connectivity index (χ1v) is 8.18. The van der Waals surface area contributed by atoms with Gasteiger partial charge in [0.2, 0.25) is 0 Å². The van der Waals surface area contributed by atoms with Crippen molar-refractivity contribution in [3.05, 3.63) is 70.3 Å². The van der Waals surface area contributed by atoms with Gasteiger partial charge in [0, 0.05) is 35.9 Å². The van der Waals surface area contributed by atoms with E-state index >= 15 is 0 Å². The number of aromatic nitrogens is 3. The lowest BCUT2D eigenvalue weighted by atomic mass is 10.1. The molecule has 0 amide bonds. The van der Waals surface area contributed by atoms with Crippen molar-refractivity contribution in [1.82, 2.24) is 14.8 Å². The van der Waals surface area contributed by atoms with Crippen molar-refractivity contribution in [2.45, 2.75) is 0 Å². The van der Waals surface area contributed by atoms with Crippen LogP contribution < -0.4 is 5.56 Å². The van der Waals surface area contributed by atoms with Crippen LogP contribution in [0.1, 0.15) is 0 Å². The highest BCUT2D eigenvalue weighted by Gasteiger charge is 2.17. The molecule has 4 aromatic rings. The van der Waals surface area contributed by atoms with Crippen LogP contribution in [0, 0.1) is 5.82 Å². The normalized spacial score (nSPS) is 11.1. The Balaban J connectivity index is 2.07. The molecule has 0 aliphatic rings. The lowest BCUT2D eigenvalue weighted by Gasteiger charge is -2.06. The highest BCUT2D eigenvalue weighted by Crippen LogP contribution is 2.36. The number of thiophene rings is 1. The second kappa shape index (κ2) is 5.65. The van der Waals surface area contributed by atoms with Gasteiger partial charge in [0.1, 0.15) is 11.5 Å². The summed E-state index contributed by atoms with van der Waals surface area (Å²) in [7, 11) is 1.61. The maximum atomic E-state index is 13.6. The SMILES string of the molecule is Cn1nc(-c2cccc(F)c2)c2scc(-c3ccncc3)c2c1=O. The summed E-state index contributed by atoms with van der Waals surface area (Å²) < 4.78 is 15.7. The smallest absolute Gasteiger partial charge is 0.267 e.